The highest BCUT2D eigenvalue weighted by Crippen LogP contribution is 2.23. The number of anilines is 1. The molecule has 2 aromatic heterocycles. The van der Waals surface area contributed by atoms with Crippen LogP contribution in [0.15, 0.2) is 47.8 Å². The van der Waals surface area contributed by atoms with E-state index in [4.69, 9.17) is 10.5 Å². The second kappa shape index (κ2) is 10.8. The Morgan fingerprint density at radius 2 is 1.91 bits per heavy atom. The number of alkyl halides is 2. The van der Waals surface area contributed by atoms with Crippen LogP contribution in [0.25, 0.3) is 0 Å². The van der Waals surface area contributed by atoms with Gasteiger partial charge in [0.05, 0.1) is 6.04 Å². The number of halogens is 2. The second-order valence-electron chi connectivity index (χ2n) is 7.88. The smallest absolute Gasteiger partial charge is 0.302 e. The molecule has 182 valence electrons. The summed E-state index contributed by atoms with van der Waals surface area (Å²) in [6, 6.07) is 4.03. The fourth-order valence-corrected chi connectivity index (χ4v) is 2.49. The maximum atomic E-state index is 13.6. The first-order valence-electron chi connectivity index (χ1n) is 10.3. The van der Waals surface area contributed by atoms with Gasteiger partial charge in [-0.2, -0.15) is 8.78 Å². The molecule has 2 aromatic rings. The molecule has 2 heterocycles. The van der Waals surface area contributed by atoms with Crippen molar-refractivity contribution >= 4 is 17.8 Å². The summed E-state index contributed by atoms with van der Waals surface area (Å²) in [5.74, 6) is -4.14. The van der Waals surface area contributed by atoms with E-state index in [1.165, 1.54) is 25.3 Å². The lowest BCUT2D eigenvalue weighted by Crippen LogP contribution is -2.28. The summed E-state index contributed by atoms with van der Waals surface area (Å²) in [7, 11) is 0. The van der Waals surface area contributed by atoms with Crippen molar-refractivity contribution in [1.82, 2.24) is 20.3 Å². The molecular weight excluding hydrogens is 446 g/mol. The molecule has 1 unspecified atom stereocenters. The van der Waals surface area contributed by atoms with E-state index < -0.39 is 30.4 Å². The molecule has 0 spiro atoms. The van der Waals surface area contributed by atoms with Gasteiger partial charge in [0.1, 0.15) is 5.69 Å². The Morgan fingerprint density at radius 3 is 2.47 bits per heavy atom. The van der Waals surface area contributed by atoms with Crippen molar-refractivity contribution < 1.29 is 23.1 Å². The lowest BCUT2D eigenvalue weighted by molar-refractivity contribution is -0.112. The number of allylic oxidation sites excluding steroid dienone is 1. The van der Waals surface area contributed by atoms with Crippen LogP contribution in [-0.4, -0.2) is 39.3 Å². The number of ether oxygens (including phenoxy) is 1. The number of pyridine rings is 1. The van der Waals surface area contributed by atoms with Gasteiger partial charge < -0.3 is 15.8 Å². The average Bonchev–Trinajstić information content (AvgIpc) is 2.76. The first-order valence-corrected chi connectivity index (χ1v) is 10.3. The summed E-state index contributed by atoms with van der Waals surface area (Å²) in [5, 5.41) is 5.29. The van der Waals surface area contributed by atoms with Crippen molar-refractivity contribution in [2.45, 2.75) is 46.6 Å². The highest BCUT2D eigenvalue weighted by atomic mass is 19.3. The molecule has 2 amide bonds. The van der Waals surface area contributed by atoms with Crippen LogP contribution in [0.2, 0.25) is 0 Å². The number of amides is 2. The number of carbonyl (C=O) groups is 2. The molecule has 1 atom stereocenters. The number of aryl methyl sites for hydroxylation is 1. The van der Waals surface area contributed by atoms with Crippen molar-refractivity contribution in [3.05, 3.63) is 64.8 Å². The molecule has 0 aromatic carbocycles. The molecule has 4 N–H and O–H groups in total. The summed E-state index contributed by atoms with van der Waals surface area (Å²) >= 11 is 0. The topological polar surface area (TPSA) is 132 Å². The van der Waals surface area contributed by atoms with Crippen molar-refractivity contribution in [3.8, 4) is 5.88 Å². The third-order valence-corrected chi connectivity index (χ3v) is 4.88. The van der Waals surface area contributed by atoms with Crippen LogP contribution in [0.5, 0.6) is 5.88 Å². The van der Waals surface area contributed by atoms with Gasteiger partial charge in [-0.15, -0.1) is 0 Å². The zero-order valence-corrected chi connectivity index (χ0v) is 19.7. The van der Waals surface area contributed by atoms with E-state index >= 15 is 0 Å². The quantitative estimate of drug-likeness (QED) is 0.375. The minimum absolute atomic E-state index is 0.0204. The lowest BCUT2D eigenvalue weighted by atomic mass is 10.1. The van der Waals surface area contributed by atoms with Gasteiger partial charge >= 0.3 is 5.92 Å². The largest absolute Gasteiger partial charge is 0.471 e. The minimum Gasteiger partial charge on any atom is -0.471 e. The van der Waals surface area contributed by atoms with Gasteiger partial charge in [-0.3, -0.25) is 14.9 Å². The SMILES string of the molecule is C=C(C)C(F)(F)COc1ccc(C(C)NC(=O)c2cc(C)nc(NC(=O)C(C)=C(C)N)n2)cn1. The van der Waals surface area contributed by atoms with Crippen LogP contribution in [0.3, 0.4) is 0 Å². The molecule has 0 aliphatic carbocycles. The van der Waals surface area contributed by atoms with Crippen molar-refractivity contribution in [2.75, 3.05) is 11.9 Å². The Morgan fingerprint density at radius 1 is 1.24 bits per heavy atom. The number of rotatable bonds is 9. The van der Waals surface area contributed by atoms with Gasteiger partial charge in [0.2, 0.25) is 11.8 Å². The van der Waals surface area contributed by atoms with Crippen molar-refractivity contribution in [3.63, 3.8) is 0 Å². The molecule has 2 rings (SSSR count). The molecule has 9 nitrogen and oxygen atoms in total. The van der Waals surface area contributed by atoms with E-state index in [-0.39, 0.29) is 23.1 Å². The standard InChI is InChI=1S/C23H28F2N6O3/c1-12(2)23(24,25)11-34-19-8-7-17(10-27-19)16(6)29-21(33)18-9-13(3)28-22(30-18)31-20(32)14(4)15(5)26/h7-10,16H,1,11,26H2,2-6H3,(H,29,33)(H,28,30,31,32). The highest BCUT2D eigenvalue weighted by molar-refractivity contribution is 6.03. The van der Waals surface area contributed by atoms with Crippen LogP contribution in [0.4, 0.5) is 14.7 Å². The third-order valence-electron chi connectivity index (χ3n) is 4.88. The Kier molecular flexibility index (Phi) is 8.39. The van der Waals surface area contributed by atoms with Crippen molar-refractivity contribution in [1.29, 1.82) is 0 Å². The maximum absolute atomic E-state index is 13.6. The van der Waals surface area contributed by atoms with Gasteiger partial charge in [0.25, 0.3) is 11.8 Å². The molecule has 0 bridgehead atoms. The predicted octanol–water partition coefficient (Wildman–Crippen LogP) is 3.45. The number of carbonyl (C=O) groups excluding carboxylic acids is 2. The van der Waals surface area contributed by atoms with E-state index in [2.05, 4.69) is 32.2 Å². The van der Waals surface area contributed by atoms with E-state index in [0.717, 1.165) is 0 Å². The summed E-state index contributed by atoms with van der Waals surface area (Å²) in [5.41, 5.74) is 7.14. The summed E-state index contributed by atoms with van der Waals surface area (Å²) in [6.45, 7) is 10.1. The predicted molar refractivity (Wildman–Crippen MR) is 123 cm³/mol. The number of nitrogens with zero attached hydrogens (tertiary/aromatic N) is 3. The zero-order chi connectivity index (χ0) is 25.6. The van der Waals surface area contributed by atoms with Gasteiger partial charge in [-0.1, -0.05) is 12.6 Å². The summed E-state index contributed by atoms with van der Waals surface area (Å²) in [4.78, 5) is 37.1. The van der Waals surface area contributed by atoms with Crippen LogP contribution < -0.4 is 21.1 Å². The molecule has 0 aliphatic heterocycles. The fraction of sp³-hybridized carbons (Fsp3) is 0.348. The second-order valence-corrected chi connectivity index (χ2v) is 7.88. The summed E-state index contributed by atoms with van der Waals surface area (Å²) < 4.78 is 32.2. The molecule has 34 heavy (non-hydrogen) atoms. The van der Waals surface area contributed by atoms with Crippen LogP contribution >= 0.6 is 0 Å². The van der Waals surface area contributed by atoms with E-state index in [1.54, 1.807) is 33.8 Å². The molecule has 0 fully saturated rings. The fourth-order valence-electron chi connectivity index (χ4n) is 2.49. The van der Waals surface area contributed by atoms with E-state index in [9.17, 15) is 18.4 Å². The van der Waals surface area contributed by atoms with Gasteiger partial charge in [-0.25, -0.2) is 15.0 Å². The average molecular weight is 475 g/mol. The third kappa shape index (κ3) is 7.06. The Labute approximate surface area is 196 Å². The van der Waals surface area contributed by atoms with Gasteiger partial charge in [0.15, 0.2) is 6.61 Å². The Bertz CT molecular complexity index is 1110. The zero-order valence-electron chi connectivity index (χ0n) is 19.7. The van der Waals surface area contributed by atoms with E-state index in [1.807, 2.05) is 0 Å². The monoisotopic (exact) mass is 474 g/mol. The van der Waals surface area contributed by atoms with Crippen LogP contribution in [0, 0.1) is 6.92 Å². The highest BCUT2D eigenvalue weighted by Gasteiger charge is 2.31. The summed E-state index contributed by atoms with van der Waals surface area (Å²) in [6.07, 6.45) is 1.42. The van der Waals surface area contributed by atoms with Crippen LogP contribution in [0.1, 0.15) is 55.5 Å². The molecular formula is C23H28F2N6O3. The number of nitrogens with one attached hydrogen (secondary N) is 2. The molecule has 0 saturated carbocycles. The maximum Gasteiger partial charge on any atom is 0.302 e. The number of nitrogens with two attached hydrogens (primary N) is 1. The number of hydrogen-bond donors (Lipinski definition) is 3. The Balaban J connectivity index is 2.06. The minimum atomic E-state index is -3.16. The molecule has 11 heteroatoms. The Hall–Kier alpha value is -3.89. The normalized spacial score (nSPS) is 12.9. The van der Waals surface area contributed by atoms with Crippen LogP contribution in [-0.2, 0) is 4.79 Å². The molecule has 0 radical (unpaired) electrons. The number of hydrogen-bond acceptors (Lipinski definition) is 7. The number of aromatic nitrogens is 3. The lowest BCUT2D eigenvalue weighted by Gasteiger charge is -2.17. The first kappa shape index (κ1) is 26.4. The molecule has 0 saturated heterocycles. The van der Waals surface area contributed by atoms with Crippen molar-refractivity contribution in [2.24, 2.45) is 5.73 Å². The van der Waals surface area contributed by atoms with Gasteiger partial charge in [0, 0.05) is 29.2 Å². The van der Waals surface area contributed by atoms with E-state index in [0.29, 0.717) is 22.5 Å². The first-order chi connectivity index (χ1) is 15.8. The van der Waals surface area contributed by atoms with Gasteiger partial charge in [-0.05, 0) is 51.8 Å². The molecule has 0 aliphatic rings.